The fraction of sp³-hybridized carbons (Fsp3) is 0.357. The van der Waals surface area contributed by atoms with Crippen molar-refractivity contribution in [2.75, 3.05) is 45.1 Å². The molecule has 6 nitrogen and oxygen atoms in total. The maximum atomic E-state index is 15.1. The molecule has 7 heteroatoms. The Balaban J connectivity index is 2.19. The molecule has 188 valence electrons. The van der Waals surface area contributed by atoms with E-state index in [0.29, 0.717) is 34.9 Å². The molecule has 0 aliphatic heterocycles. The van der Waals surface area contributed by atoms with Crippen LogP contribution in [0, 0.1) is 5.92 Å². The Kier molecular flexibility index (Phi) is 9.25. The van der Waals surface area contributed by atoms with Gasteiger partial charge in [0.1, 0.15) is 17.3 Å². The SMILES string of the molecule is COc1ccc(OC)c([C@H](Nc2ccccc2)[P@](=O)(OCCC(C)C)c2ccc(N(C)C)cc2)c1. The summed E-state index contributed by atoms with van der Waals surface area (Å²) >= 11 is 0. The van der Waals surface area contributed by atoms with Crippen LogP contribution >= 0.6 is 7.37 Å². The van der Waals surface area contributed by atoms with E-state index in [1.54, 1.807) is 14.2 Å². The van der Waals surface area contributed by atoms with Crippen LogP contribution in [0.2, 0.25) is 0 Å². The Morgan fingerprint density at radius 3 is 2.17 bits per heavy atom. The Hall–Kier alpha value is -2.95. The van der Waals surface area contributed by atoms with Crippen molar-refractivity contribution in [3.05, 3.63) is 78.4 Å². The van der Waals surface area contributed by atoms with Crippen molar-refractivity contribution >= 4 is 24.0 Å². The first-order valence-electron chi connectivity index (χ1n) is 11.8. The lowest BCUT2D eigenvalue weighted by molar-refractivity contribution is 0.289. The van der Waals surface area contributed by atoms with Gasteiger partial charge in [0.15, 0.2) is 0 Å². The van der Waals surface area contributed by atoms with Crippen LogP contribution in [0.1, 0.15) is 31.6 Å². The molecule has 0 aliphatic rings. The number of nitrogens with one attached hydrogen (secondary N) is 1. The van der Waals surface area contributed by atoms with Gasteiger partial charge in [-0.3, -0.25) is 4.57 Å². The second-order valence-electron chi connectivity index (χ2n) is 9.04. The van der Waals surface area contributed by atoms with Gasteiger partial charge in [-0.1, -0.05) is 32.0 Å². The second kappa shape index (κ2) is 12.1. The summed E-state index contributed by atoms with van der Waals surface area (Å²) in [5, 5.41) is 4.15. The van der Waals surface area contributed by atoms with E-state index in [0.717, 1.165) is 17.8 Å². The zero-order valence-corrected chi connectivity index (χ0v) is 22.4. The van der Waals surface area contributed by atoms with Gasteiger partial charge in [-0.2, -0.15) is 0 Å². The van der Waals surface area contributed by atoms with Crippen LogP contribution in [0.5, 0.6) is 11.5 Å². The van der Waals surface area contributed by atoms with Crippen LogP contribution < -0.4 is 25.0 Å². The highest BCUT2D eigenvalue weighted by atomic mass is 31.2. The molecule has 0 saturated carbocycles. The van der Waals surface area contributed by atoms with Crippen molar-refractivity contribution in [1.82, 2.24) is 0 Å². The van der Waals surface area contributed by atoms with E-state index in [1.165, 1.54) is 0 Å². The van der Waals surface area contributed by atoms with Crippen LogP contribution in [0.4, 0.5) is 11.4 Å². The fourth-order valence-electron chi connectivity index (χ4n) is 3.77. The van der Waals surface area contributed by atoms with Crippen LogP contribution in [-0.2, 0) is 9.09 Å². The molecule has 2 atom stereocenters. The summed E-state index contributed by atoms with van der Waals surface area (Å²) in [5.74, 6) is 0.980. The lowest BCUT2D eigenvalue weighted by Gasteiger charge is -2.31. The molecule has 35 heavy (non-hydrogen) atoms. The van der Waals surface area contributed by atoms with E-state index >= 15 is 4.57 Å². The molecule has 3 aromatic carbocycles. The van der Waals surface area contributed by atoms with Gasteiger partial charge in [-0.25, -0.2) is 0 Å². The smallest absolute Gasteiger partial charge is 0.258 e. The standard InChI is InChI=1S/C28H37N2O4P/c1-21(2)18-19-34-35(31,25-15-12-23(13-16-25)30(3)4)28(29-22-10-8-7-9-11-22)26-20-24(32-5)14-17-27(26)33-6/h7-17,20-21,28-29H,18-19H2,1-6H3/t28-,35-/m1/s1. The number of methoxy groups -OCH3 is 2. The first-order chi connectivity index (χ1) is 16.8. The Morgan fingerprint density at radius 1 is 0.914 bits per heavy atom. The highest BCUT2D eigenvalue weighted by molar-refractivity contribution is 7.67. The molecular weight excluding hydrogens is 459 g/mol. The third kappa shape index (κ3) is 6.59. The molecule has 1 N–H and O–H groups in total. The normalized spacial score (nSPS) is 13.7. The van der Waals surface area contributed by atoms with Gasteiger partial charge in [0.25, 0.3) is 7.37 Å². The minimum absolute atomic E-state index is 0.379. The lowest BCUT2D eigenvalue weighted by atomic mass is 10.1. The predicted molar refractivity (Wildman–Crippen MR) is 146 cm³/mol. The molecule has 0 heterocycles. The summed E-state index contributed by atoms with van der Waals surface area (Å²) in [6.07, 6.45) is 0.799. The van der Waals surface area contributed by atoms with Crippen LogP contribution in [0.15, 0.2) is 72.8 Å². The largest absolute Gasteiger partial charge is 0.497 e. The molecule has 0 amide bonds. The zero-order valence-electron chi connectivity index (χ0n) is 21.5. The number of benzene rings is 3. The van der Waals surface area contributed by atoms with Crippen molar-refractivity contribution in [2.24, 2.45) is 5.92 Å². The van der Waals surface area contributed by atoms with E-state index in [9.17, 15) is 0 Å². The first kappa shape index (κ1) is 26.7. The summed E-state index contributed by atoms with van der Waals surface area (Å²) in [5.41, 5.74) is 2.56. The topological polar surface area (TPSA) is 60.0 Å². The number of nitrogens with zero attached hydrogens (tertiary/aromatic N) is 1. The van der Waals surface area contributed by atoms with Gasteiger partial charge in [0.2, 0.25) is 0 Å². The van der Waals surface area contributed by atoms with E-state index in [-0.39, 0.29) is 0 Å². The molecule has 0 aromatic heterocycles. The second-order valence-corrected chi connectivity index (χ2v) is 11.5. The van der Waals surface area contributed by atoms with Crippen LogP contribution in [0.25, 0.3) is 0 Å². The summed E-state index contributed by atoms with van der Waals surface area (Å²) in [6, 6.07) is 23.0. The van der Waals surface area contributed by atoms with Gasteiger partial charge in [0, 0.05) is 36.3 Å². The molecule has 0 unspecified atom stereocenters. The monoisotopic (exact) mass is 496 g/mol. The number of para-hydroxylation sites is 1. The third-order valence-corrected chi connectivity index (χ3v) is 8.52. The van der Waals surface area contributed by atoms with Crippen molar-refractivity contribution < 1.29 is 18.6 Å². The highest BCUT2D eigenvalue weighted by Gasteiger charge is 2.40. The number of hydrogen-bond donors (Lipinski definition) is 1. The van der Waals surface area contributed by atoms with Crippen LogP contribution in [0.3, 0.4) is 0 Å². The Morgan fingerprint density at radius 2 is 1.60 bits per heavy atom. The minimum Gasteiger partial charge on any atom is -0.497 e. The molecule has 0 radical (unpaired) electrons. The predicted octanol–water partition coefficient (Wildman–Crippen LogP) is 6.55. The van der Waals surface area contributed by atoms with Gasteiger partial charge >= 0.3 is 0 Å². The van der Waals surface area contributed by atoms with Gasteiger partial charge < -0.3 is 24.2 Å². The first-order valence-corrected chi connectivity index (χ1v) is 13.5. The number of hydrogen-bond acceptors (Lipinski definition) is 6. The summed E-state index contributed by atoms with van der Waals surface area (Å²) in [7, 11) is 3.68. The molecule has 3 rings (SSSR count). The van der Waals surface area contributed by atoms with Crippen molar-refractivity contribution in [3.63, 3.8) is 0 Å². The van der Waals surface area contributed by atoms with Gasteiger partial charge in [-0.05, 0) is 66.9 Å². The zero-order chi connectivity index (χ0) is 25.4. The average molecular weight is 497 g/mol. The lowest BCUT2D eigenvalue weighted by Crippen LogP contribution is -2.22. The molecule has 0 spiro atoms. The van der Waals surface area contributed by atoms with Gasteiger partial charge in [0.05, 0.1) is 20.8 Å². The molecule has 0 bridgehead atoms. The fourth-order valence-corrected chi connectivity index (χ4v) is 6.20. The molecular formula is C28H37N2O4P. The maximum absolute atomic E-state index is 15.1. The van der Waals surface area contributed by atoms with Gasteiger partial charge in [-0.15, -0.1) is 0 Å². The van der Waals surface area contributed by atoms with Crippen LogP contribution in [-0.4, -0.2) is 34.9 Å². The highest BCUT2D eigenvalue weighted by Crippen LogP contribution is 2.61. The van der Waals surface area contributed by atoms with E-state index in [1.807, 2.05) is 91.8 Å². The van der Waals surface area contributed by atoms with E-state index < -0.39 is 13.2 Å². The third-order valence-electron chi connectivity index (χ3n) is 5.85. The molecule has 0 aliphatic carbocycles. The Labute approximate surface area is 209 Å². The Bertz CT molecular complexity index is 1120. The average Bonchev–Trinajstić information content (AvgIpc) is 2.87. The molecule has 0 fully saturated rings. The van der Waals surface area contributed by atoms with E-state index in [4.69, 9.17) is 14.0 Å². The summed E-state index contributed by atoms with van der Waals surface area (Å²) < 4.78 is 32.6. The number of anilines is 2. The maximum Gasteiger partial charge on any atom is 0.258 e. The molecule has 0 saturated heterocycles. The van der Waals surface area contributed by atoms with E-state index in [2.05, 4.69) is 19.2 Å². The van der Waals surface area contributed by atoms with Crippen molar-refractivity contribution in [1.29, 1.82) is 0 Å². The molecule has 3 aromatic rings. The summed E-state index contributed by atoms with van der Waals surface area (Å²) in [4.78, 5) is 2.01. The van der Waals surface area contributed by atoms with Crippen molar-refractivity contribution in [2.45, 2.75) is 26.1 Å². The number of rotatable bonds is 12. The van der Waals surface area contributed by atoms with Crippen molar-refractivity contribution in [3.8, 4) is 11.5 Å². The summed E-state index contributed by atoms with van der Waals surface area (Å²) in [6.45, 7) is 4.64. The number of ether oxygens (including phenoxy) is 2. The quantitative estimate of drug-likeness (QED) is 0.287. The minimum atomic E-state index is -3.51.